The van der Waals surface area contributed by atoms with Crippen LogP contribution in [-0.4, -0.2) is 72.4 Å². The van der Waals surface area contributed by atoms with E-state index in [0.717, 1.165) is 39.0 Å². The minimum Gasteiger partial charge on any atom is -0.480 e. The van der Waals surface area contributed by atoms with Gasteiger partial charge in [0, 0.05) is 39.2 Å². The number of carbonyl (C=O) groups is 1. The van der Waals surface area contributed by atoms with E-state index in [9.17, 15) is 9.90 Å². The van der Waals surface area contributed by atoms with Crippen molar-refractivity contribution in [1.82, 2.24) is 9.80 Å². The molecule has 0 saturated carbocycles. The molecule has 2 unspecified atom stereocenters. The Bertz CT molecular complexity index is 314. The lowest BCUT2D eigenvalue weighted by atomic mass is 9.83. The first-order valence-corrected chi connectivity index (χ1v) is 7.37. The van der Waals surface area contributed by atoms with Gasteiger partial charge >= 0.3 is 5.97 Å². The van der Waals surface area contributed by atoms with E-state index in [1.54, 1.807) is 0 Å². The second-order valence-electron chi connectivity index (χ2n) is 5.86. The van der Waals surface area contributed by atoms with Gasteiger partial charge in [-0.15, -0.1) is 0 Å². The average Bonchev–Trinajstić information content (AvgIpc) is 2.40. The summed E-state index contributed by atoms with van der Waals surface area (Å²) >= 11 is 0. The van der Waals surface area contributed by atoms with Gasteiger partial charge in [0.05, 0.1) is 6.10 Å². The lowest BCUT2D eigenvalue weighted by Crippen LogP contribution is -2.63. The Labute approximate surface area is 115 Å². The van der Waals surface area contributed by atoms with Crippen molar-refractivity contribution < 1.29 is 14.6 Å². The molecule has 2 atom stereocenters. The fraction of sp³-hybridized carbons (Fsp3) is 0.929. The quantitative estimate of drug-likeness (QED) is 0.827. The Morgan fingerprint density at radius 2 is 2.05 bits per heavy atom. The molecule has 0 radical (unpaired) electrons. The summed E-state index contributed by atoms with van der Waals surface area (Å²) in [5.41, 5.74) is -0.695. The zero-order valence-electron chi connectivity index (χ0n) is 12.1. The number of ether oxygens (including phenoxy) is 1. The van der Waals surface area contributed by atoms with Crippen LogP contribution in [0, 0.1) is 0 Å². The fourth-order valence-corrected chi connectivity index (χ4v) is 3.29. The molecular weight excluding hydrogens is 244 g/mol. The monoisotopic (exact) mass is 270 g/mol. The zero-order chi connectivity index (χ0) is 13.9. The van der Waals surface area contributed by atoms with Crippen LogP contribution in [0.25, 0.3) is 0 Å². The second kappa shape index (κ2) is 6.20. The van der Waals surface area contributed by atoms with Crippen molar-refractivity contribution in [3.63, 3.8) is 0 Å². The first-order chi connectivity index (χ1) is 9.08. The number of likely N-dealkylation sites (N-methyl/N-ethyl adjacent to an activating group) is 1. The highest BCUT2D eigenvalue weighted by Crippen LogP contribution is 2.33. The molecule has 5 nitrogen and oxygen atoms in total. The van der Waals surface area contributed by atoms with E-state index in [1.807, 2.05) is 0 Å². The molecule has 0 aromatic carbocycles. The lowest BCUT2D eigenvalue weighted by Gasteiger charge is -2.48. The lowest BCUT2D eigenvalue weighted by molar-refractivity contribution is -0.166. The predicted molar refractivity (Wildman–Crippen MR) is 73.3 cm³/mol. The SMILES string of the molecule is CCCC1CC(C(=O)O)(N2CCN(C)CC2)CCO1. The first kappa shape index (κ1) is 14.8. The molecule has 0 aliphatic carbocycles. The second-order valence-corrected chi connectivity index (χ2v) is 5.86. The Balaban J connectivity index is 2.10. The summed E-state index contributed by atoms with van der Waals surface area (Å²) in [7, 11) is 2.09. The largest absolute Gasteiger partial charge is 0.480 e. The third-order valence-corrected chi connectivity index (χ3v) is 4.55. The molecule has 0 bridgehead atoms. The molecular formula is C14H26N2O3. The van der Waals surface area contributed by atoms with E-state index in [4.69, 9.17) is 4.74 Å². The van der Waals surface area contributed by atoms with Crippen LogP contribution in [0.15, 0.2) is 0 Å². The predicted octanol–water partition coefficient (Wildman–Crippen LogP) is 1.04. The molecule has 2 saturated heterocycles. The normalized spacial score (nSPS) is 34.3. The fourth-order valence-electron chi connectivity index (χ4n) is 3.29. The van der Waals surface area contributed by atoms with Crippen molar-refractivity contribution in [2.45, 2.75) is 44.2 Å². The van der Waals surface area contributed by atoms with E-state index in [0.29, 0.717) is 19.4 Å². The van der Waals surface area contributed by atoms with E-state index in [2.05, 4.69) is 23.8 Å². The van der Waals surface area contributed by atoms with Gasteiger partial charge in [0.15, 0.2) is 0 Å². The number of hydrogen-bond donors (Lipinski definition) is 1. The van der Waals surface area contributed by atoms with Crippen LogP contribution >= 0.6 is 0 Å². The van der Waals surface area contributed by atoms with Gasteiger partial charge in [0.1, 0.15) is 5.54 Å². The molecule has 0 aromatic heterocycles. The highest BCUT2D eigenvalue weighted by atomic mass is 16.5. The maximum Gasteiger partial charge on any atom is 0.324 e. The van der Waals surface area contributed by atoms with Crippen LogP contribution in [0.2, 0.25) is 0 Å². The molecule has 2 aliphatic heterocycles. The summed E-state index contributed by atoms with van der Waals surface area (Å²) < 4.78 is 5.74. The summed E-state index contributed by atoms with van der Waals surface area (Å²) in [6.07, 6.45) is 3.37. The third-order valence-electron chi connectivity index (χ3n) is 4.55. The van der Waals surface area contributed by atoms with Gasteiger partial charge in [-0.25, -0.2) is 0 Å². The Hall–Kier alpha value is -0.650. The standard InChI is InChI=1S/C14H26N2O3/c1-3-4-12-11-14(13(17)18,5-10-19-12)16-8-6-15(2)7-9-16/h12H,3-11H2,1-2H3,(H,17,18). The van der Waals surface area contributed by atoms with Crippen LogP contribution in [0.3, 0.4) is 0 Å². The van der Waals surface area contributed by atoms with Crippen molar-refractivity contribution in [1.29, 1.82) is 0 Å². The summed E-state index contributed by atoms with van der Waals surface area (Å²) in [5, 5.41) is 9.78. The number of carboxylic acid groups (broad SMARTS) is 1. The maximum atomic E-state index is 11.9. The van der Waals surface area contributed by atoms with Crippen LogP contribution in [0.4, 0.5) is 0 Å². The molecule has 0 amide bonds. The van der Waals surface area contributed by atoms with Gasteiger partial charge in [-0.05, 0) is 19.9 Å². The topological polar surface area (TPSA) is 53.0 Å². The van der Waals surface area contributed by atoms with Crippen molar-refractivity contribution in [3.05, 3.63) is 0 Å². The van der Waals surface area contributed by atoms with Crippen LogP contribution in [-0.2, 0) is 9.53 Å². The van der Waals surface area contributed by atoms with Crippen LogP contribution < -0.4 is 0 Å². The summed E-state index contributed by atoms with van der Waals surface area (Å²) in [5.74, 6) is -0.665. The van der Waals surface area contributed by atoms with Crippen molar-refractivity contribution in [2.24, 2.45) is 0 Å². The highest BCUT2D eigenvalue weighted by molar-refractivity contribution is 5.79. The number of hydrogen-bond acceptors (Lipinski definition) is 4. The average molecular weight is 270 g/mol. The maximum absolute atomic E-state index is 11.9. The molecule has 5 heteroatoms. The van der Waals surface area contributed by atoms with Crippen LogP contribution in [0.5, 0.6) is 0 Å². The zero-order valence-corrected chi connectivity index (χ0v) is 12.1. The van der Waals surface area contributed by atoms with Gasteiger partial charge in [-0.3, -0.25) is 9.69 Å². The first-order valence-electron chi connectivity index (χ1n) is 7.37. The van der Waals surface area contributed by atoms with Gasteiger partial charge < -0.3 is 14.7 Å². The number of piperazine rings is 1. The molecule has 1 N–H and O–H groups in total. The molecule has 110 valence electrons. The number of carboxylic acids is 1. The van der Waals surface area contributed by atoms with Crippen molar-refractivity contribution in [3.8, 4) is 0 Å². The Kier molecular flexibility index (Phi) is 4.81. The van der Waals surface area contributed by atoms with Crippen molar-refractivity contribution in [2.75, 3.05) is 39.8 Å². The minimum absolute atomic E-state index is 0.106. The number of rotatable bonds is 4. The highest BCUT2D eigenvalue weighted by Gasteiger charge is 2.48. The van der Waals surface area contributed by atoms with Gasteiger partial charge in [-0.2, -0.15) is 0 Å². The van der Waals surface area contributed by atoms with Crippen molar-refractivity contribution >= 4 is 5.97 Å². The number of nitrogens with zero attached hydrogens (tertiary/aromatic N) is 2. The molecule has 0 aromatic rings. The molecule has 2 rings (SSSR count). The summed E-state index contributed by atoms with van der Waals surface area (Å²) in [6, 6.07) is 0. The molecule has 2 aliphatic rings. The van der Waals surface area contributed by atoms with E-state index < -0.39 is 11.5 Å². The van der Waals surface area contributed by atoms with E-state index in [-0.39, 0.29) is 6.10 Å². The smallest absolute Gasteiger partial charge is 0.324 e. The van der Waals surface area contributed by atoms with Crippen LogP contribution in [0.1, 0.15) is 32.6 Å². The molecule has 0 spiro atoms. The van der Waals surface area contributed by atoms with Gasteiger partial charge in [0.25, 0.3) is 0 Å². The summed E-state index contributed by atoms with van der Waals surface area (Å²) in [6.45, 7) is 6.30. The third kappa shape index (κ3) is 3.09. The molecule has 19 heavy (non-hydrogen) atoms. The van der Waals surface area contributed by atoms with Gasteiger partial charge in [-0.1, -0.05) is 13.3 Å². The summed E-state index contributed by atoms with van der Waals surface area (Å²) in [4.78, 5) is 16.3. The van der Waals surface area contributed by atoms with E-state index >= 15 is 0 Å². The Morgan fingerprint density at radius 1 is 1.37 bits per heavy atom. The Morgan fingerprint density at radius 3 is 2.63 bits per heavy atom. The van der Waals surface area contributed by atoms with Gasteiger partial charge in [0.2, 0.25) is 0 Å². The number of aliphatic carboxylic acids is 1. The molecule has 2 fully saturated rings. The molecule has 2 heterocycles. The minimum atomic E-state index is -0.695. The van der Waals surface area contributed by atoms with E-state index in [1.165, 1.54) is 0 Å².